The van der Waals surface area contributed by atoms with E-state index < -0.39 is 23.7 Å². The number of nitrogens with zero attached hydrogens (tertiary/aromatic N) is 3. The first-order valence-electron chi connectivity index (χ1n) is 11.6. The summed E-state index contributed by atoms with van der Waals surface area (Å²) in [5, 5.41) is 12.6. The topological polar surface area (TPSA) is 193 Å². The standard InChI is InChI=1S/C22H25IN8O3.C2HF3O2/c1-13-9-26-20(29-30-22(34)27-10-15-4-3-5-17(23)8-15)21(33)31(13)12-19(32)25-11-16-6-7-18(24)28-14(16)2;3-2(4,5)1(6)7/h3-9H,10-12H2,1-2H3,(H2,24,28)(H,25,32)(H,26,29)(H2,27,30,34);(H,6,7). The van der Waals surface area contributed by atoms with Crippen molar-refractivity contribution < 1.29 is 32.7 Å². The highest BCUT2D eigenvalue weighted by Gasteiger charge is 2.38. The monoisotopic (exact) mass is 690 g/mol. The van der Waals surface area contributed by atoms with E-state index in [1.807, 2.05) is 24.3 Å². The number of nitrogens with two attached hydrogens (primary N) is 1. The summed E-state index contributed by atoms with van der Waals surface area (Å²) in [5.41, 5.74) is 13.0. The van der Waals surface area contributed by atoms with Crippen LogP contribution in [-0.4, -0.2) is 43.7 Å². The van der Waals surface area contributed by atoms with Gasteiger partial charge in [-0.3, -0.25) is 25.0 Å². The molecule has 0 aliphatic carbocycles. The van der Waals surface area contributed by atoms with Crippen LogP contribution in [-0.2, 0) is 29.2 Å². The quantitative estimate of drug-likeness (QED) is 0.152. The maximum atomic E-state index is 12.8. The third-order valence-corrected chi connectivity index (χ3v) is 5.80. The zero-order valence-corrected chi connectivity index (χ0v) is 23.8. The van der Waals surface area contributed by atoms with Crippen molar-refractivity contribution in [2.75, 3.05) is 11.2 Å². The molecule has 0 aliphatic rings. The van der Waals surface area contributed by atoms with Crippen LogP contribution in [0.5, 0.6) is 0 Å². The molecule has 2 heterocycles. The Morgan fingerprint density at radius 2 is 1.78 bits per heavy atom. The molecule has 17 heteroatoms. The summed E-state index contributed by atoms with van der Waals surface area (Å²) in [6.07, 6.45) is -3.64. The molecule has 0 fully saturated rings. The number of aliphatic carboxylic acids is 1. The fourth-order valence-corrected chi connectivity index (χ4v) is 3.64. The second-order valence-corrected chi connectivity index (χ2v) is 9.51. The van der Waals surface area contributed by atoms with Crippen LogP contribution in [0.4, 0.5) is 29.6 Å². The lowest BCUT2D eigenvalue weighted by Gasteiger charge is -2.14. The molecule has 3 aromatic rings. The highest BCUT2D eigenvalue weighted by molar-refractivity contribution is 14.1. The summed E-state index contributed by atoms with van der Waals surface area (Å²) < 4.78 is 34.1. The van der Waals surface area contributed by atoms with E-state index in [2.05, 4.69) is 54.0 Å². The normalized spacial score (nSPS) is 10.6. The van der Waals surface area contributed by atoms with Crippen molar-refractivity contribution in [2.45, 2.75) is 39.7 Å². The van der Waals surface area contributed by atoms with Gasteiger partial charge < -0.3 is 21.5 Å². The second kappa shape index (κ2) is 14.8. The number of rotatable bonds is 8. The molecule has 0 spiro atoms. The molecular weight excluding hydrogens is 664 g/mol. The molecule has 3 rings (SSSR count). The Bertz CT molecular complexity index is 1470. The number of nitrogen functional groups attached to an aromatic ring is 1. The summed E-state index contributed by atoms with van der Waals surface area (Å²) in [7, 11) is 0. The van der Waals surface area contributed by atoms with E-state index in [0.717, 1.165) is 20.4 Å². The van der Waals surface area contributed by atoms with Crippen LogP contribution < -0.4 is 32.8 Å². The Labute approximate surface area is 244 Å². The van der Waals surface area contributed by atoms with Crippen molar-refractivity contribution in [2.24, 2.45) is 0 Å². The zero-order chi connectivity index (χ0) is 30.7. The van der Waals surface area contributed by atoms with Crippen LogP contribution in [0.2, 0.25) is 0 Å². The van der Waals surface area contributed by atoms with Crippen LogP contribution in [0.15, 0.2) is 47.4 Å². The number of nitrogens with one attached hydrogen (secondary N) is 4. The number of amides is 3. The first-order chi connectivity index (χ1) is 19.2. The van der Waals surface area contributed by atoms with Gasteiger partial charge in [0.2, 0.25) is 11.7 Å². The van der Waals surface area contributed by atoms with E-state index in [1.165, 1.54) is 10.8 Å². The number of carboxylic acid groups (broad SMARTS) is 1. The van der Waals surface area contributed by atoms with E-state index in [-0.39, 0.29) is 24.8 Å². The smallest absolute Gasteiger partial charge is 0.475 e. The van der Waals surface area contributed by atoms with Gasteiger partial charge in [0.1, 0.15) is 12.4 Å². The maximum Gasteiger partial charge on any atom is 0.490 e. The molecule has 0 unspecified atom stereocenters. The van der Waals surface area contributed by atoms with E-state index in [9.17, 15) is 27.6 Å². The number of hydrogen-bond acceptors (Lipinski definition) is 8. The summed E-state index contributed by atoms with van der Waals surface area (Å²) in [6.45, 7) is 3.84. The average molecular weight is 690 g/mol. The van der Waals surface area contributed by atoms with Gasteiger partial charge in [0.15, 0.2) is 0 Å². The molecule has 0 atom stereocenters. The van der Waals surface area contributed by atoms with Gasteiger partial charge in [-0.15, -0.1) is 0 Å². The van der Waals surface area contributed by atoms with E-state index in [0.29, 0.717) is 18.1 Å². The number of aryl methyl sites for hydroxylation is 2. The first kappa shape index (κ1) is 32.8. The number of urea groups is 1. The average Bonchev–Trinajstić information content (AvgIpc) is 2.89. The van der Waals surface area contributed by atoms with Crippen molar-refractivity contribution in [3.8, 4) is 0 Å². The lowest BCUT2D eigenvalue weighted by molar-refractivity contribution is -0.192. The summed E-state index contributed by atoms with van der Waals surface area (Å²) in [5.74, 6) is -2.82. The number of alkyl halides is 3. The van der Waals surface area contributed by atoms with Crippen molar-refractivity contribution >= 4 is 52.1 Å². The summed E-state index contributed by atoms with van der Waals surface area (Å²) in [6, 6.07) is 10.6. The number of carboxylic acids is 1. The molecular formula is C24H26F3IN8O5. The molecule has 2 aromatic heterocycles. The fraction of sp³-hybridized carbons (Fsp3) is 0.250. The molecule has 1 aromatic carbocycles. The highest BCUT2D eigenvalue weighted by Crippen LogP contribution is 2.13. The zero-order valence-electron chi connectivity index (χ0n) is 21.7. The number of hydrogen-bond donors (Lipinski definition) is 6. The van der Waals surface area contributed by atoms with E-state index in [4.69, 9.17) is 15.6 Å². The Hall–Kier alpha value is -4.42. The molecule has 41 heavy (non-hydrogen) atoms. The van der Waals surface area contributed by atoms with Crippen molar-refractivity contribution in [3.05, 3.63) is 79.0 Å². The van der Waals surface area contributed by atoms with Gasteiger partial charge in [0, 0.05) is 34.2 Å². The number of carbonyl (C=O) groups is 3. The second-order valence-electron chi connectivity index (χ2n) is 8.26. The van der Waals surface area contributed by atoms with Crippen LogP contribution in [0.25, 0.3) is 0 Å². The summed E-state index contributed by atoms with van der Waals surface area (Å²) in [4.78, 5) is 54.4. The third-order valence-electron chi connectivity index (χ3n) is 5.13. The van der Waals surface area contributed by atoms with Gasteiger partial charge in [-0.05, 0) is 65.8 Å². The third kappa shape index (κ3) is 10.9. The molecule has 13 nitrogen and oxygen atoms in total. The number of benzene rings is 1. The highest BCUT2D eigenvalue weighted by atomic mass is 127. The van der Waals surface area contributed by atoms with Crippen LogP contribution in [0.3, 0.4) is 0 Å². The maximum absolute atomic E-state index is 12.8. The van der Waals surface area contributed by atoms with Gasteiger partial charge in [-0.25, -0.2) is 19.6 Å². The van der Waals surface area contributed by atoms with Gasteiger partial charge in [-0.1, -0.05) is 18.2 Å². The first-order valence-corrected chi connectivity index (χ1v) is 12.6. The molecule has 7 N–H and O–H groups in total. The fourth-order valence-electron chi connectivity index (χ4n) is 3.03. The Kier molecular flexibility index (Phi) is 11.9. The lowest BCUT2D eigenvalue weighted by atomic mass is 10.2. The number of hydrazine groups is 1. The minimum absolute atomic E-state index is 0.110. The molecule has 0 radical (unpaired) electrons. The Morgan fingerprint density at radius 1 is 1.10 bits per heavy atom. The van der Waals surface area contributed by atoms with Crippen molar-refractivity contribution in [1.29, 1.82) is 0 Å². The van der Waals surface area contributed by atoms with E-state index in [1.54, 1.807) is 26.0 Å². The predicted octanol–water partition coefficient (Wildman–Crippen LogP) is 2.22. The SMILES string of the molecule is Cc1nc(N)ccc1CNC(=O)Cn1c(C)cnc(NNC(=O)NCc2cccc(I)c2)c1=O.O=C(O)C(F)(F)F. The van der Waals surface area contributed by atoms with E-state index >= 15 is 0 Å². The molecule has 0 aliphatic heterocycles. The lowest BCUT2D eigenvalue weighted by Crippen LogP contribution is -2.41. The number of aromatic nitrogens is 3. The largest absolute Gasteiger partial charge is 0.490 e. The van der Waals surface area contributed by atoms with Crippen LogP contribution >= 0.6 is 22.6 Å². The Morgan fingerprint density at radius 3 is 2.39 bits per heavy atom. The summed E-state index contributed by atoms with van der Waals surface area (Å²) >= 11 is 2.19. The van der Waals surface area contributed by atoms with Crippen LogP contribution in [0, 0.1) is 17.4 Å². The van der Waals surface area contributed by atoms with Gasteiger partial charge >= 0.3 is 18.2 Å². The van der Waals surface area contributed by atoms with Crippen molar-refractivity contribution in [1.82, 2.24) is 30.6 Å². The molecule has 0 saturated carbocycles. The van der Waals surface area contributed by atoms with Gasteiger partial charge in [-0.2, -0.15) is 13.2 Å². The Balaban J connectivity index is 0.000000745. The number of anilines is 2. The number of halogens is 4. The van der Waals surface area contributed by atoms with Gasteiger partial charge in [0.05, 0.1) is 0 Å². The van der Waals surface area contributed by atoms with Crippen LogP contribution in [0.1, 0.15) is 22.5 Å². The molecule has 0 saturated heterocycles. The minimum Gasteiger partial charge on any atom is -0.475 e. The molecule has 0 bridgehead atoms. The molecule has 3 amide bonds. The number of carbonyl (C=O) groups excluding carboxylic acids is 2. The van der Waals surface area contributed by atoms with Crippen molar-refractivity contribution in [3.63, 3.8) is 0 Å². The predicted molar refractivity (Wildman–Crippen MR) is 150 cm³/mol. The number of pyridine rings is 1. The molecule has 220 valence electrons. The van der Waals surface area contributed by atoms with Gasteiger partial charge in [0.25, 0.3) is 5.56 Å². The minimum atomic E-state index is -5.08.